The van der Waals surface area contributed by atoms with Crippen LogP contribution in [0.25, 0.3) is 0 Å². The number of halogens is 1. The van der Waals surface area contributed by atoms with Gasteiger partial charge in [0.15, 0.2) is 0 Å². The van der Waals surface area contributed by atoms with Crippen LogP contribution in [0.1, 0.15) is 36.3 Å². The van der Waals surface area contributed by atoms with Crippen LogP contribution in [0.2, 0.25) is 5.02 Å². The maximum absolute atomic E-state index is 12.0. The van der Waals surface area contributed by atoms with E-state index in [1.54, 1.807) is 12.3 Å². The summed E-state index contributed by atoms with van der Waals surface area (Å²) in [6, 6.07) is 9.34. The molecule has 1 amide bonds. The maximum atomic E-state index is 12.0. The van der Waals surface area contributed by atoms with Crippen molar-refractivity contribution in [3.8, 4) is 0 Å². The topological polar surface area (TPSA) is 54.0 Å². The van der Waals surface area contributed by atoms with Gasteiger partial charge in [0.2, 0.25) is 0 Å². The molecule has 22 heavy (non-hydrogen) atoms. The van der Waals surface area contributed by atoms with Gasteiger partial charge in [-0.05, 0) is 50.1 Å². The van der Waals surface area contributed by atoms with Crippen molar-refractivity contribution in [3.05, 3.63) is 52.8 Å². The van der Waals surface area contributed by atoms with Gasteiger partial charge < -0.3 is 10.6 Å². The minimum Gasteiger partial charge on any atom is -0.354 e. The minimum absolute atomic E-state index is 0.140. The molecule has 0 saturated heterocycles. The van der Waals surface area contributed by atoms with E-state index in [9.17, 15) is 4.79 Å². The Bertz CT molecular complexity index is 655. The highest BCUT2D eigenvalue weighted by Gasteiger charge is 2.10. The molecule has 116 valence electrons. The zero-order valence-corrected chi connectivity index (χ0v) is 13.7. The molecule has 1 aromatic heterocycles. The molecule has 0 saturated carbocycles. The van der Waals surface area contributed by atoms with Crippen molar-refractivity contribution >= 4 is 28.9 Å². The predicted molar refractivity (Wildman–Crippen MR) is 90.9 cm³/mol. The zero-order chi connectivity index (χ0) is 16.1. The van der Waals surface area contributed by atoms with Crippen LogP contribution in [0.5, 0.6) is 0 Å². The Balaban J connectivity index is 2.09. The first-order chi connectivity index (χ1) is 10.5. The van der Waals surface area contributed by atoms with Gasteiger partial charge in [-0.25, -0.2) is 4.98 Å². The van der Waals surface area contributed by atoms with E-state index in [1.807, 2.05) is 45.0 Å². The predicted octanol–water partition coefficient (Wildman–Crippen LogP) is 4.32. The summed E-state index contributed by atoms with van der Waals surface area (Å²) < 4.78 is 0. The molecule has 2 aromatic rings. The van der Waals surface area contributed by atoms with Crippen molar-refractivity contribution in [1.82, 2.24) is 10.3 Å². The molecule has 0 aliphatic heterocycles. The van der Waals surface area contributed by atoms with Crippen LogP contribution in [0, 0.1) is 6.92 Å². The lowest BCUT2D eigenvalue weighted by atomic mass is 10.2. The fourth-order valence-corrected chi connectivity index (χ4v) is 2.06. The van der Waals surface area contributed by atoms with Crippen LogP contribution in [-0.2, 0) is 0 Å². The first-order valence-corrected chi connectivity index (χ1v) is 7.67. The molecular formula is C17H20ClN3O. The fraction of sp³-hybridized carbons (Fsp3) is 0.294. The Kier molecular flexibility index (Phi) is 5.39. The molecule has 1 unspecified atom stereocenters. The van der Waals surface area contributed by atoms with E-state index in [4.69, 9.17) is 11.6 Å². The van der Waals surface area contributed by atoms with Gasteiger partial charge in [-0.2, -0.15) is 0 Å². The van der Waals surface area contributed by atoms with E-state index >= 15 is 0 Å². The number of hydrogen-bond donors (Lipinski definition) is 2. The number of nitrogens with one attached hydrogen (secondary N) is 2. The number of pyridine rings is 1. The van der Waals surface area contributed by atoms with Crippen molar-refractivity contribution in [3.63, 3.8) is 0 Å². The maximum Gasteiger partial charge on any atom is 0.270 e. The fourth-order valence-electron chi connectivity index (χ4n) is 1.89. The van der Waals surface area contributed by atoms with Crippen molar-refractivity contribution in [2.24, 2.45) is 0 Å². The highest BCUT2D eigenvalue weighted by atomic mass is 35.5. The second-order valence-corrected chi connectivity index (χ2v) is 5.74. The van der Waals surface area contributed by atoms with Gasteiger partial charge in [-0.1, -0.05) is 24.6 Å². The number of aryl methyl sites for hydroxylation is 1. The van der Waals surface area contributed by atoms with Crippen LogP contribution >= 0.6 is 11.6 Å². The monoisotopic (exact) mass is 317 g/mol. The Labute approximate surface area is 135 Å². The lowest BCUT2D eigenvalue weighted by Crippen LogP contribution is -2.32. The van der Waals surface area contributed by atoms with Crippen LogP contribution in [-0.4, -0.2) is 16.9 Å². The molecule has 4 nitrogen and oxygen atoms in total. The van der Waals surface area contributed by atoms with Crippen LogP contribution in [0.3, 0.4) is 0 Å². The molecule has 1 atom stereocenters. The van der Waals surface area contributed by atoms with E-state index in [0.29, 0.717) is 10.7 Å². The molecule has 5 heteroatoms. The lowest BCUT2D eigenvalue weighted by molar-refractivity contribution is 0.0934. The first-order valence-electron chi connectivity index (χ1n) is 7.29. The quantitative estimate of drug-likeness (QED) is 0.863. The second-order valence-electron chi connectivity index (χ2n) is 5.30. The summed E-state index contributed by atoms with van der Waals surface area (Å²) in [7, 11) is 0. The Morgan fingerprint density at radius 2 is 2.09 bits per heavy atom. The summed E-state index contributed by atoms with van der Waals surface area (Å²) in [5.74, 6) is -0.153. The van der Waals surface area contributed by atoms with Gasteiger partial charge in [0.25, 0.3) is 5.91 Å². The number of hydrogen-bond acceptors (Lipinski definition) is 3. The Morgan fingerprint density at radius 1 is 1.32 bits per heavy atom. The molecule has 0 bridgehead atoms. The lowest BCUT2D eigenvalue weighted by Gasteiger charge is -2.12. The summed E-state index contributed by atoms with van der Waals surface area (Å²) >= 11 is 6.00. The van der Waals surface area contributed by atoms with Gasteiger partial charge in [0.05, 0.1) is 11.9 Å². The van der Waals surface area contributed by atoms with Crippen LogP contribution < -0.4 is 10.6 Å². The first kappa shape index (κ1) is 16.3. The highest BCUT2D eigenvalue weighted by Crippen LogP contribution is 2.23. The van der Waals surface area contributed by atoms with Crippen molar-refractivity contribution in [2.45, 2.75) is 33.2 Å². The van der Waals surface area contributed by atoms with Gasteiger partial charge >= 0.3 is 0 Å². The number of carbonyl (C=O) groups is 1. The summed E-state index contributed by atoms with van der Waals surface area (Å²) in [4.78, 5) is 16.2. The third kappa shape index (κ3) is 4.21. The largest absolute Gasteiger partial charge is 0.354 e. The molecule has 2 rings (SSSR count). The van der Waals surface area contributed by atoms with Gasteiger partial charge in [-0.15, -0.1) is 0 Å². The van der Waals surface area contributed by atoms with E-state index in [0.717, 1.165) is 23.4 Å². The number of amides is 1. The average Bonchev–Trinajstić information content (AvgIpc) is 2.51. The van der Waals surface area contributed by atoms with Gasteiger partial charge in [-0.3, -0.25) is 4.79 Å². The summed E-state index contributed by atoms with van der Waals surface area (Å²) in [5.41, 5.74) is 3.23. The summed E-state index contributed by atoms with van der Waals surface area (Å²) in [6.45, 7) is 5.99. The van der Waals surface area contributed by atoms with E-state index in [2.05, 4.69) is 15.6 Å². The standard InChI is InChI=1S/C17H20ClN3O/c1-4-12(3)20-17(22)15-8-7-14(10-19-15)21-16-9-13(18)6-5-11(16)2/h5-10,12,21H,4H2,1-3H3,(H,20,22). The number of aromatic nitrogens is 1. The summed E-state index contributed by atoms with van der Waals surface area (Å²) in [6.07, 6.45) is 2.53. The van der Waals surface area contributed by atoms with Crippen LogP contribution in [0.15, 0.2) is 36.5 Å². The Morgan fingerprint density at radius 3 is 2.73 bits per heavy atom. The Hall–Kier alpha value is -2.07. The number of carbonyl (C=O) groups excluding carboxylic acids is 1. The third-order valence-corrected chi connectivity index (χ3v) is 3.70. The van der Waals surface area contributed by atoms with Gasteiger partial charge in [0.1, 0.15) is 5.69 Å². The van der Waals surface area contributed by atoms with E-state index < -0.39 is 0 Å². The zero-order valence-electron chi connectivity index (χ0n) is 13.0. The van der Waals surface area contributed by atoms with E-state index in [-0.39, 0.29) is 11.9 Å². The molecule has 2 N–H and O–H groups in total. The van der Waals surface area contributed by atoms with Crippen molar-refractivity contribution in [2.75, 3.05) is 5.32 Å². The van der Waals surface area contributed by atoms with Crippen LogP contribution in [0.4, 0.5) is 11.4 Å². The van der Waals surface area contributed by atoms with E-state index in [1.165, 1.54) is 0 Å². The minimum atomic E-state index is -0.153. The molecule has 1 aromatic carbocycles. The SMILES string of the molecule is CCC(C)NC(=O)c1ccc(Nc2cc(Cl)ccc2C)cn1. The molecular weight excluding hydrogens is 298 g/mol. The van der Waals surface area contributed by atoms with Crippen molar-refractivity contribution in [1.29, 1.82) is 0 Å². The molecule has 1 heterocycles. The molecule has 0 radical (unpaired) electrons. The summed E-state index contributed by atoms with van der Waals surface area (Å²) in [5, 5.41) is 6.82. The smallest absolute Gasteiger partial charge is 0.270 e. The highest BCUT2D eigenvalue weighted by molar-refractivity contribution is 6.30. The normalized spacial score (nSPS) is 11.8. The number of benzene rings is 1. The second kappa shape index (κ2) is 7.27. The molecule has 0 fully saturated rings. The molecule has 0 aliphatic rings. The number of nitrogens with zero attached hydrogens (tertiary/aromatic N) is 1. The molecule has 0 aliphatic carbocycles. The average molecular weight is 318 g/mol. The van der Waals surface area contributed by atoms with Gasteiger partial charge in [0, 0.05) is 16.8 Å². The van der Waals surface area contributed by atoms with Crippen molar-refractivity contribution < 1.29 is 4.79 Å². The third-order valence-electron chi connectivity index (χ3n) is 3.46. The number of anilines is 2. The molecule has 0 spiro atoms. The number of rotatable bonds is 5.